The molecule has 3 rings (SSSR count). The number of non-ortho nitro benzene ring substituents is 1. The summed E-state index contributed by atoms with van der Waals surface area (Å²) in [6, 6.07) is 4.93. The van der Waals surface area contributed by atoms with E-state index in [1.54, 1.807) is 19.1 Å². The van der Waals surface area contributed by atoms with Crippen LogP contribution in [0.2, 0.25) is 0 Å². The lowest BCUT2D eigenvalue weighted by atomic mass is 10.0. The number of nitrogens with zero attached hydrogens (tertiary/aromatic N) is 3. The number of anilines is 1. The van der Waals surface area contributed by atoms with Crippen molar-refractivity contribution in [1.29, 1.82) is 0 Å². The summed E-state index contributed by atoms with van der Waals surface area (Å²) in [6.07, 6.45) is -4.27. The first kappa shape index (κ1) is 24.2. The largest absolute Gasteiger partial charge is 0.495 e. The Morgan fingerprint density at radius 1 is 1.24 bits per heavy atom. The van der Waals surface area contributed by atoms with Gasteiger partial charge in [0.25, 0.3) is 5.69 Å². The van der Waals surface area contributed by atoms with Crippen LogP contribution in [0.4, 0.5) is 24.7 Å². The van der Waals surface area contributed by atoms with E-state index in [0.717, 1.165) is 12.1 Å². The van der Waals surface area contributed by atoms with E-state index < -0.39 is 28.4 Å². The number of rotatable bonds is 8. The van der Waals surface area contributed by atoms with Crippen molar-refractivity contribution in [3.63, 3.8) is 0 Å². The number of ether oxygens (including phenoxy) is 1. The van der Waals surface area contributed by atoms with Gasteiger partial charge in [-0.15, -0.1) is 0 Å². The zero-order valence-corrected chi connectivity index (χ0v) is 18.8. The molecule has 0 spiro atoms. The molecule has 0 bridgehead atoms. The fourth-order valence-corrected chi connectivity index (χ4v) is 3.60. The van der Waals surface area contributed by atoms with E-state index in [0.29, 0.717) is 33.6 Å². The number of amides is 1. The molecule has 0 aliphatic carbocycles. The molecule has 1 amide bonds. The molecular weight excluding hydrogens is 511 g/mol. The number of aromatic nitrogens is 2. The lowest BCUT2D eigenvalue weighted by molar-refractivity contribution is -0.385. The van der Waals surface area contributed by atoms with E-state index in [2.05, 4.69) is 36.5 Å². The highest BCUT2D eigenvalue weighted by Crippen LogP contribution is 2.36. The van der Waals surface area contributed by atoms with Gasteiger partial charge in [-0.3, -0.25) is 14.9 Å². The van der Waals surface area contributed by atoms with Gasteiger partial charge in [-0.05, 0) is 40.5 Å². The predicted molar refractivity (Wildman–Crippen MR) is 117 cm³/mol. The Morgan fingerprint density at radius 2 is 1.97 bits per heavy atom. The molecule has 0 aliphatic rings. The van der Waals surface area contributed by atoms with Crippen LogP contribution in [0.1, 0.15) is 29.9 Å². The highest BCUT2D eigenvalue weighted by atomic mass is 79.9. The van der Waals surface area contributed by atoms with Crippen LogP contribution in [0.15, 0.2) is 34.8 Å². The van der Waals surface area contributed by atoms with Crippen molar-refractivity contribution in [2.75, 3.05) is 12.4 Å². The van der Waals surface area contributed by atoms with Gasteiger partial charge < -0.3 is 15.4 Å². The maximum atomic E-state index is 13.3. The van der Waals surface area contributed by atoms with Crippen molar-refractivity contribution in [2.45, 2.75) is 25.7 Å². The quantitative estimate of drug-likeness (QED) is 0.246. The molecule has 2 aromatic carbocycles. The number of hydrogen-bond donors (Lipinski definition) is 2. The summed E-state index contributed by atoms with van der Waals surface area (Å²) < 4.78 is 45.7. The van der Waals surface area contributed by atoms with Crippen LogP contribution in [0.25, 0.3) is 10.9 Å². The minimum Gasteiger partial charge on any atom is -0.495 e. The summed E-state index contributed by atoms with van der Waals surface area (Å²) in [5.74, 6) is 0.991. The second kappa shape index (κ2) is 9.57. The van der Waals surface area contributed by atoms with Crippen LogP contribution in [-0.4, -0.2) is 28.4 Å². The second-order valence-electron chi connectivity index (χ2n) is 6.93. The number of nitro benzene ring substituents is 1. The minimum absolute atomic E-state index is 0.00983. The van der Waals surface area contributed by atoms with Gasteiger partial charge in [0.1, 0.15) is 11.6 Å². The molecule has 0 radical (unpaired) electrons. The van der Waals surface area contributed by atoms with E-state index in [1.807, 2.05) is 0 Å². The number of carbonyl (C=O) groups is 1. The van der Waals surface area contributed by atoms with Gasteiger partial charge in [0.15, 0.2) is 5.82 Å². The summed E-state index contributed by atoms with van der Waals surface area (Å²) in [6.45, 7) is 1.56. The number of nitrogens with one attached hydrogen (secondary N) is 2. The minimum atomic E-state index is -4.75. The number of carbonyl (C=O) groups excluding carboxylic acids is 1. The Kier molecular flexibility index (Phi) is 7.01. The molecule has 3 aromatic rings. The van der Waals surface area contributed by atoms with Gasteiger partial charge in [-0.1, -0.05) is 0 Å². The summed E-state index contributed by atoms with van der Waals surface area (Å²) in [5, 5.41) is 17.2. The Hall–Kier alpha value is -3.48. The Morgan fingerprint density at radius 3 is 2.58 bits per heavy atom. The zero-order chi connectivity index (χ0) is 24.3. The predicted octanol–water partition coefficient (Wildman–Crippen LogP) is 4.75. The van der Waals surface area contributed by atoms with Gasteiger partial charge in [0.2, 0.25) is 6.41 Å². The third-order valence-electron chi connectivity index (χ3n) is 4.69. The van der Waals surface area contributed by atoms with Crippen molar-refractivity contribution < 1.29 is 27.6 Å². The molecule has 0 saturated carbocycles. The molecule has 0 fully saturated rings. The van der Waals surface area contributed by atoms with E-state index in [9.17, 15) is 28.1 Å². The maximum Gasteiger partial charge on any atom is 0.416 e. The molecule has 0 aliphatic heterocycles. The fourth-order valence-electron chi connectivity index (χ4n) is 3.10. The lowest BCUT2D eigenvalue weighted by Crippen LogP contribution is -2.16. The smallest absolute Gasteiger partial charge is 0.416 e. The molecule has 1 heterocycles. The molecule has 33 heavy (non-hydrogen) atoms. The molecule has 9 nitrogen and oxygen atoms in total. The SMILES string of the molecule is COc1cc2nc(CNC=O)nc(N[C@H](C)c3cc([N+](=O)[O-])cc(C(F)(F)F)c3)c2cc1Br. The Balaban J connectivity index is 2.09. The summed E-state index contributed by atoms with van der Waals surface area (Å²) in [5.41, 5.74) is -1.30. The van der Waals surface area contributed by atoms with Crippen molar-refractivity contribution in [1.82, 2.24) is 15.3 Å². The highest BCUT2D eigenvalue weighted by molar-refractivity contribution is 9.10. The molecule has 13 heteroatoms. The first-order valence-corrected chi connectivity index (χ1v) is 10.2. The zero-order valence-electron chi connectivity index (χ0n) is 17.2. The average molecular weight is 528 g/mol. The molecule has 1 aromatic heterocycles. The second-order valence-corrected chi connectivity index (χ2v) is 7.78. The third-order valence-corrected chi connectivity index (χ3v) is 5.31. The topological polar surface area (TPSA) is 119 Å². The molecule has 1 atom stereocenters. The van der Waals surface area contributed by atoms with Crippen LogP contribution >= 0.6 is 15.9 Å². The van der Waals surface area contributed by atoms with E-state index in [-0.39, 0.29) is 23.8 Å². The first-order chi connectivity index (χ1) is 15.5. The summed E-state index contributed by atoms with van der Waals surface area (Å²) in [4.78, 5) is 29.7. The van der Waals surface area contributed by atoms with Crippen LogP contribution in [0.5, 0.6) is 5.75 Å². The normalized spacial score (nSPS) is 12.3. The molecule has 0 saturated heterocycles. The van der Waals surface area contributed by atoms with Crippen LogP contribution in [0, 0.1) is 10.1 Å². The van der Waals surface area contributed by atoms with Gasteiger partial charge in [0.05, 0.1) is 40.2 Å². The van der Waals surface area contributed by atoms with Gasteiger partial charge in [-0.25, -0.2) is 9.97 Å². The third kappa shape index (κ3) is 5.48. The number of nitro groups is 1. The first-order valence-electron chi connectivity index (χ1n) is 9.37. The van der Waals surface area contributed by atoms with E-state index >= 15 is 0 Å². The average Bonchev–Trinajstić information content (AvgIpc) is 2.76. The number of hydrogen-bond acceptors (Lipinski definition) is 7. The number of methoxy groups -OCH3 is 1. The van der Waals surface area contributed by atoms with Crippen LogP contribution in [-0.2, 0) is 17.5 Å². The number of fused-ring (bicyclic) bond motifs is 1. The number of alkyl halides is 3. The molecule has 0 unspecified atom stereocenters. The number of halogens is 4. The van der Waals surface area contributed by atoms with Crippen LogP contribution in [0.3, 0.4) is 0 Å². The highest BCUT2D eigenvalue weighted by Gasteiger charge is 2.33. The summed E-state index contributed by atoms with van der Waals surface area (Å²) >= 11 is 3.37. The van der Waals surface area contributed by atoms with Gasteiger partial charge in [-0.2, -0.15) is 13.2 Å². The maximum absolute atomic E-state index is 13.3. The molecular formula is C20H17BrF3N5O4. The lowest BCUT2D eigenvalue weighted by Gasteiger charge is -2.19. The standard InChI is InChI=1S/C20H17BrF3N5O4/c1-10(11-3-12(20(22,23)24)5-13(4-11)29(31)32)26-19-14-6-15(21)17(33-2)7-16(14)27-18(28-19)8-25-9-30/h3-7,9-10H,8H2,1-2H3,(H,25,30)(H,26,27,28)/t10-/m1/s1. The van der Waals surface area contributed by atoms with Gasteiger partial charge >= 0.3 is 6.18 Å². The monoisotopic (exact) mass is 527 g/mol. The van der Waals surface area contributed by atoms with Crippen LogP contribution < -0.4 is 15.4 Å². The van der Waals surface area contributed by atoms with Crippen molar-refractivity contribution in [3.05, 3.63) is 61.9 Å². The van der Waals surface area contributed by atoms with Crippen molar-refractivity contribution >= 4 is 44.7 Å². The van der Waals surface area contributed by atoms with Crippen molar-refractivity contribution in [3.8, 4) is 5.75 Å². The Labute approximate surface area is 193 Å². The molecule has 174 valence electrons. The van der Waals surface area contributed by atoms with Gasteiger partial charge in [0, 0.05) is 23.6 Å². The number of benzene rings is 2. The molecule has 2 N–H and O–H groups in total. The summed E-state index contributed by atoms with van der Waals surface area (Å²) in [7, 11) is 1.48. The van der Waals surface area contributed by atoms with E-state index in [4.69, 9.17) is 4.74 Å². The fraction of sp³-hybridized carbons (Fsp3) is 0.250. The van der Waals surface area contributed by atoms with E-state index in [1.165, 1.54) is 7.11 Å². The Bertz CT molecular complexity index is 1220. The van der Waals surface area contributed by atoms with Crippen molar-refractivity contribution in [2.24, 2.45) is 0 Å².